The molecule has 1 aromatic carbocycles. The third-order valence-corrected chi connectivity index (χ3v) is 3.00. The molecule has 0 saturated heterocycles. The molecule has 0 aliphatic heterocycles. The number of hydrogen-bond acceptors (Lipinski definition) is 2. The smallest absolute Gasteiger partial charge is 0.0220 e. The maximum Gasteiger partial charge on any atom is 0.0220 e. The van der Waals surface area contributed by atoms with Crippen LogP contribution in [0.3, 0.4) is 0 Å². The maximum atomic E-state index is 3.54. The van der Waals surface area contributed by atoms with Crippen LogP contribution < -0.4 is 10.6 Å². The zero-order valence-corrected chi connectivity index (χ0v) is 11.9. The molecule has 2 nitrogen and oxygen atoms in total. The lowest BCUT2D eigenvalue weighted by molar-refractivity contribution is 0.421. The summed E-state index contributed by atoms with van der Waals surface area (Å²) in [5.74, 6) is 0. The molecule has 0 bridgehead atoms. The summed E-state index contributed by atoms with van der Waals surface area (Å²) < 4.78 is 1.17. The molecule has 0 saturated carbocycles. The quantitative estimate of drug-likeness (QED) is 0.813. The second-order valence-corrected chi connectivity index (χ2v) is 5.80. The Balaban J connectivity index is 2.19. The number of benzene rings is 1. The molecule has 3 heteroatoms. The molecule has 0 heterocycles. The van der Waals surface area contributed by atoms with E-state index in [2.05, 4.69) is 65.5 Å². The van der Waals surface area contributed by atoms with Gasteiger partial charge in [0, 0.05) is 29.6 Å². The van der Waals surface area contributed by atoms with Crippen molar-refractivity contribution in [2.75, 3.05) is 13.1 Å². The molecule has 0 aromatic heterocycles. The third-order valence-electron chi connectivity index (χ3n) is 2.23. The molecule has 0 aliphatic carbocycles. The van der Waals surface area contributed by atoms with E-state index in [4.69, 9.17) is 0 Å². The average molecular weight is 285 g/mol. The SMILES string of the molecule is CC(C)(C)NCCNCc1ccccc1Br. The second-order valence-electron chi connectivity index (χ2n) is 4.94. The first-order valence-corrected chi connectivity index (χ1v) is 6.47. The molecule has 1 aromatic rings. The average Bonchev–Trinajstić information content (AvgIpc) is 2.18. The van der Waals surface area contributed by atoms with Gasteiger partial charge >= 0.3 is 0 Å². The van der Waals surface area contributed by atoms with Gasteiger partial charge in [0.25, 0.3) is 0 Å². The normalized spacial score (nSPS) is 11.8. The maximum absolute atomic E-state index is 3.54. The standard InChI is InChI=1S/C13H21BrN2/c1-13(2,3)16-9-8-15-10-11-6-4-5-7-12(11)14/h4-7,15-16H,8-10H2,1-3H3. The van der Waals surface area contributed by atoms with Gasteiger partial charge in [-0.3, -0.25) is 0 Å². The number of hydrogen-bond donors (Lipinski definition) is 2. The summed E-state index contributed by atoms with van der Waals surface area (Å²) in [7, 11) is 0. The van der Waals surface area contributed by atoms with Gasteiger partial charge in [-0.15, -0.1) is 0 Å². The summed E-state index contributed by atoms with van der Waals surface area (Å²) in [6, 6.07) is 8.31. The Kier molecular flexibility index (Phi) is 5.46. The summed E-state index contributed by atoms with van der Waals surface area (Å²) in [5.41, 5.74) is 1.51. The van der Waals surface area contributed by atoms with Crippen LogP contribution in [0.2, 0.25) is 0 Å². The largest absolute Gasteiger partial charge is 0.311 e. The van der Waals surface area contributed by atoms with Crippen molar-refractivity contribution >= 4 is 15.9 Å². The van der Waals surface area contributed by atoms with Crippen molar-refractivity contribution in [3.8, 4) is 0 Å². The summed E-state index contributed by atoms with van der Waals surface area (Å²) in [5, 5.41) is 6.87. The molecule has 2 N–H and O–H groups in total. The van der Waals surface area contributed by atoms with E-state index in [1.165, 1.54) is 10.0 Å². The van der Waals surface area contributed by atoms with Crippen LogP contribution in [0.25, 0.3) is 0 Å². The van der Waals surface area contributed by atoms with Gasteiger partial charge in [-0.2, -0.15) is 0 Å². The molecule has 0 amide bonds. The van der Waals surface area contributed by atoms with Crippen molar-refractivity contribution in [1.29, 1.82) is 0 Å². The van der Waals surface area contributed by atoms with Crippen LogP contribution in [-0.2, 0) is 6.54 Å². The Hall–Kier alpha value is -0.380. The van der Waals surface area contributed by atoms with E-state index >= 15 is 0 Å². The Morgan fingerprint density at radius 1 is 1.12 bits per heavy atom. The van der Waals surface area contributed by atoms with Crippen molar-refractivity contribution in [2.45, 2.75) is 32.9 Å². The summed E-state index contributed by atoms with van der Waals surface area (Å²) in [4.78, 5) is 0. The van der Waals surface area contributed by atoms with Crippen LogP contribution in [0, 0.1) is 0 Å². The van der Waals surface area contributed by atoms with Gasteiger partial charge in [-0.1, -0.05) is 34.1 Å². The Morgan fingerprint density at radius 2 is 1.81 bits per heavy atom. The minimum atomic E-state index is 0.203. The van der Waals surface area contributed by atoms with E-state index < -0.39 is 0 Å². The van der Waals surface area contributed by atoms with Gasteiger partial charge in [0.2, 0.25) is 0 Å². The molecule has 90 valence electrons. The van der Waals surface area contributed by atoms with Crippen LogP contribution in [0.4, 0.5) is 0 Å². The van der Waals surface area contributed by atoms with Gasteiger partial charge in [0.1, 0.15) is 0 Å². The lowest BCUT2D eigenvalue weighted by Gasteiger charge is -2.20. The fourth-order valence-corrected chi connectivity index (χ4v) is 1.82. The van der Waals surface area contributed by atoms with Gasteiger partial charge in [-0.25, -0.2) is 0 Å². The summed E-state index contributed by atoms with van der Waals surface area (Å²) in [6.07, 6.45) is 0. The van der Waals surface area contributed by atoms with Crippen LogP contribution in [0.15, 0.2) is 28.7 Å². The van der Waals surface area contributed by atoms with E-state index in [0.29, 0.717) is 0 Å². The van der Waals surface area contributed by atoms with Gasteiger partial charge < -0.3 is 10.6 Å². The highest BCUT2D eigenvalue weighted by Gasteiger charge is 2.06. The Bertz CT molecular complexity index is 318. The monoisotopic (exact) mass is 284 g/mol. The van der Waals surface area contributed by atoms with E-state index in [-0.39, 0.29) is 5.54 Å². The first kappa shape index (κ1) is 13.7. The predicted octanol–water partition coefficient (Wildman–Crippen LogP) is 2.93. The highest BCUT2D eigenvalue weighted by Crippen LogP contribution is 2.14. The van der Waals surface area contributed by atoms with Crippen LogP contribution >= 0.6 is 15.9 Å². The van der Waals surface area contributed by atoms with Crippen molar-refractivity contribution in [2.24, 2.45) is 0 Å². The topological polar surface area (TPSA) is 24.1 Å². The van der Waals surface area contributed by atoms with E-state index in [1.807, 2.05) is 6.07 Å². The van der Waals surface area contributed by atoms with Crippen LogP contribution in [-0.4, -0.2) is 18.6 Å². The number of rotatable bonds is 5. The zero-order valence-electron chi connectivity index (χ0n) is 10.3. The van der Waals surface area contributed by atoms with Crippen molar-refractivity contribution in [3.63, 3.8) is 0 Å². The van der Waals surface area contributed by atoms with E-state index in [9.17, 15) is 0 Å². The van der Waals surface area contributed by atoms with Gasteiger partial charge in [0.05, 0.1) is 0 Å². The van der Waals surface area contributed by atoms with E-state index in [0.717, 1.165) is 19.6 Å². The molecule has 16 heavy (non-hydrogen) atoms. The highest BCUT2D eigenvalue weighted by atomic mass is 79.9. The fourth-order valence-electron chi connectivity index (χ4n) is 1.39. The third kappa shape index (κ3) is 5.64. The van der Waals surface area contributed by atoms with Crippen LogP contribution in [0.5, 0.6) is 0 Å². The first-order chi connectivity index (χ1) is 7.49. The Labute approximate surface area is 107 Å². The summed E-state index contributed by atoms with van der Waals surface area (Å²) >= 11 is 3.54. The van der Waals surface area contributed by atoms with Gasteiger partial charge in [-0.05, 0) is 32.4 Å². The first-order valence-electron chi connectivity index (χ1n) is 5.68. The summed E-state index contributed by atoms with van der Waals surface area (Å²) in [6.45, 7) is 9.43. The minimum Gasteiger partial charge on any atom is -0.311 e. The molecular formula is C13H21BrN2. The molecular weight excluding hydrogens is 264 g/mol. The number of nitrogens with one attached hydrogen (secondary N) is 2. The van der Waals surface area contributed by atoms with Crippen molar-refractivity contribution in [1.82, 2.24) is 10.6 Å². The molecule has 0 unspecified atom stereocenters. The van der Waals surface area contributed by atoms with Crippen LogP contribution in [0.1, 0.15) is 26.3 Å². The molecule has 0 fully saturated rings. The predicted molar refractivity (Wildman–Crippen MR) is 73.6 cm³/mol. The lowest BCUT2D eigenvalue weighted by atomic mass is 10.1. The van der Waals surface area contributed by atoms with E-state index in [1.54, 1.807) is 0 Å². The highest BCUT2D eigenvalue weighted by molar-refractivity contribution is 9.10. The lowest BCUT2D eigenvalue weighted by Crippen LogP contribution is -2.40. The van der Waals surface area contributed by atoms with Crippen molar-refractivity contribution in [3.05, 3.63) is 34.3 Å². The molecule has 0 atom stereocenters. The zero-order chi connectivity index (χ0) is 12.0. The second kappa shape index (κ2) is 6.38. The number of halogens is 1. The molecule has 0 spiro atoms. The van der Waals surface area contributed by atoms with Gasteiger partial charge in [0.15, 0.2) is 0 Å². The fraction of sp³-hybridized carbons (Fsp3) is 0.538. The van der Waals surface area contributed by atoms with Crippen molar-refractivity contribution < 1.29 is 0 Å². The molecule has 0 aliphatic rings. The Morgan fingerprint density at radius 3 is 2.44 bits per heavy atom. The minimum absolute atomic E-state index is 0.203. The molecule has 0 radical (unpaired) electrons. The molecule has 1 rings (SSSR count).